The topological polar surface area (TPSA) is 46.3 Å². The Morgan fingerprint density at radius 3 is 2.58 bits per heavy atom. The molecule has 2 atom stereocenters. The van der Waals surface area contributed by atoms with Crippen molar-refractivity contribution in [1.29, 1.82) is 0 Å². The zero-order valence-electron chi connectivity index (χ0n) is 13.7. The van der Waals surface area contributed by atoms with Crippen LogP contribution in [0.4, 0.5) is 4.39 Å². The van der Waals surface area contributed by atoms with Crippen LogP contribution in [-0.2, 0) is 0 Å². The molecule has 1 aromatic heterocycles. The van der Waals surface area contributed by atoms with Gasteiger partial charge >= 0.3 is 0 Å². The molecule has 2 aliphatic heterocycles. The van der Waals surface area contributed by atoms with Crippen molar-refractivity contribution < 1.29 is 9.18 Å². The van der Waals surface area contributed by atoms with Gasteiger partial charge in [0.15, 0.2) is 0 Å². The van der Waals surface area contributed by atoms with Crippen molar-refractivity contribution in [3.05, 3.63) is 46.6 Å². The number of nitrogens with zero attached hydrogens (tertiary/aromatic N) is 1. The summed E-state index contributed by atoms with van der Waals surface area (Å²) in [4.78, 5) is 16.5. The van der Waals surface area contributed by atoms with E-state index in [1.165, 1.54) is 17.4 Å². The molecule has 2 unspecified atom stereocenters. The maximum atomic E-state index is 14.2. The number of carbonyl (C=O) groups is 1. The molecule has 126 valence electrons. The zero-order valence-corrected chi connectivity index (χ0v) is 14.5. The predicted molar refractivity (Wildman–Crippen MR) is 94.6 cm³/mol. The minimum absolute atomic E-state index is 0.0816. The van der Waals surface area contributed by atoms with Gasteiger partial charge in [-0.1, -0.05) is 12.1 Å². The molecule has 1 aromatic carbocycles. The second-order valence-electron chi connectivity index (χ2n) is 6.98. The summed E-state index contributed by atoms with van der Waals surface area (Å²) in [6, 6.07) is 9.65. The number of amides is 1. The van der Waals surface area contributed by atoms with Crippen LogP contribution in [-0.4, -0.2) is 28.9 Å². The molecule has 0 saturated carbocycles. The molecule has 0 radical (unpaired) electrons. The number of rotatable bonds is 2. The van der Waals surface area contributed by atoms with Gasteiger partial charge in [-0.15, -0.1) is 11.3 Å². The molecule has 2 aliphatic rings. The molecule has 1 amide bonds. The predicted octanol–water partition coefficient (Wildman–Crippen LogP) is 3.96. The standard InChI is InChI=1S/C19H21FN2OS/c1-11-2-5-15(16(20)8-11)17-6-7-18(24-17)19(23)22-13-3-4-14(22)10-12(21)9-13/h2,5-8,12-14H,3-4,9-10,21H2,1H3. The van der Waals surface area contributed by atoms with Crippen LogP contribution in [0.3, 0.4) is 0 Å². The maximum absolute atomic E-state index is 14.2. The second-order valence-corrected chi connectivity index (χ2v) is 8.06. The van der Waals surface area contributed by atoms with Gasteiger partial charge in [-0.2, -0.15) is 0 Å². The Bertz CT molecular complexity index is 773. The van der Waals surface area contributed by atoms with Crippen molar-refractivity contribution in [2.75, 3.05) is 0 Å². The van der Waals surface area contributed by atoms with E-state index in [4.69, 9.17) is 5.73 Å². The fourth-order valence-electron chi connectivity index (χ4n) is 4.10. The average Bonchev–Trinajstić information content (AvgIpc) is 3.11. The van der Waals surface area contributed by atoms with E-state index < -0.39 is 0 Å². The number of fused-ring (bicyclic) bond motifs is 2. The van der Waals surface area contributed by atoms with Crippen molar-refractivity contribution in [3.63, 3.8) is 0 Å². The first kappa shape index (κ1) is 15.8. The third kappa shape index (κ3) is 2.66. The molecule has 0 aliphatic carbocycles. The van der Waals surface area contributed by atoms with Gasteiger partial charge in [-0.3, -0.25) is 4.79 Å². The smallest absolute Gasteiger partial charge is 0.264 e. The number of thiophene rings is 1. The molecule has 2 bridgehead atoms. The number of piperidine rings is 1. The molecule has 24 heavy (non-hydrogen) atoms. The van der Waals surface area contributed by atoms with Crippen molar-refractivity contribution >= 4 is 17.2 Å². The van der Waals surface area contributed by atoms with Crippen molar-refractivity contribution in [3.8, 4) is 10.4 Å². The summed E-state index contributed by atoms with van der Waals surface area (Å²) < 4.78 is 14.2. The molecule has 0 spiro atoms. The van der Waals surface area contributed by atoms with E-state index in [0.29, 0.717) is 10.4 Å². The van der Waals surface area contributed by atoms with E-state index in [2.05, 4.69) is 0 Å². The summed E-state index contributed by atoms with van der Waals surface area (Å²) in [5.74, 6) is -0.155. The maximum Gasteiger partial charge on any atom is 0.264 e. The van der Waals surface area contributed by atoms with Gasteiger partial charge in [0.05, 0.1) is 4.88 Å². The summed E-state index contributed by atoms with van der Waals surface area (Å²) in [7, 11) is 0. The Kier molecular flexibility index (Phi) is 3.93. The highest BCUT2D eigenvalue weighted by atomic mass is 32.1. The van der Waals surface area contributed by atoms with Gasteiger partial charge in [0.25, 0.3) is 5.91 Å². The molecule has 2 fully saturated rings. The van der Waals surface area contributed by atoms with Crippen LogP contribution in [0.15, 0.2) is 30.3 Å². The lowest BCUT2D eigenvalue weighted by molar-refractivity contribution is 0.0580. The molecule has 3 nitrogen and oxygen atoms in total. The summed E-state index contributed by atoms with van der Waals surface area (Å²) in [6.07, 6.45) is 3.89. The molecule has 4 rings (SSSR count). The quantitative estimate of drug-likeness (QED) is 0.896. The monoisotopic (exact) mass is 344 g/mol. The lowest BCUT2D eigenvalue weighted by atomic mass is 9.98. The van der Waals surface area contributed by atoms with Gasteiger partial charge in [0.2, 0.25) is 0 Å². The van der Waals surface area contributed by atoms with E-state index in [-0.39, 0.29) is 29.8 Å². The summed E-state index contributed by atoms with van der Waals surface area (Å²) >= 11 is 1.38. The number of hydrogen-bond donors (Lipinski definition) is 1. The third-order valence-electron chi connectivity index (χ3n) is 5.21. The van der Waals surface area contributed by atoms with Gasteiger partial charge in [-0.25, -0.2) is 4.39 Å². The number of aryl methyl sites for hydroxylation is 1. The number of halogens is 1. The second kappa shape index (κ2) is 5.97. The highest BCUT2D eigenvalue weighted by Crippen LogP contribution is 2.38. The first-order chi connectivity index (χ1) is 11.5. The minimum atomic E-state index is -0.236. The Morgan fingerprint density at radius 2 is 1.92 bits per heavy atom. The highest BCUT2D eigenvalue weighted by molar-refractivity contribution is 7.17. The fourth-order valence-corrected chi connectivity index (χ4v) is 5.07. The third-order valence-corrected chi connectivity index (χ3v) is 6.32. The number of hydrogen-bond acceptors (Lipinski definition) is 3. The van der Waals surface area contributed by atoms with E-state index in [9.17, 15) is 9.18 Å². The van der Waals surface area contributed by atoms with E-state index in [1.807, 2.05) is 30.0 Å². The van der Waals surface area contributed by atoms with Crippen LogP contribution in [0.2, 0.25) is 0 Å². The van der Waals surface area contributed by atoms with Gasteiger partial charge in [-0.05, 0) is 56.4 Å². The molecular weight excluding hydrogens is 323 g/mol. The number of benzene rings is 1. The van der Waals surface area contributed by atoms with Crippen LogP contribution < -0.4 is 5.73 Å². The van der Waals surface area contributed by atoms with Crippen molar-refractivity contribution in [1.82, 2.24) is 4.90 Å². The molecule has 2 N–H and O–H groups in total. The Balaban J connectivity index is 1.60. The zero-order chi connectivity index (χ0) is 16.8. The fraction of sp³-hybridized carbons (Fsp3) is 0.421. The molecule has 5 heteroatoms. The largest absolute Gasteiger partial charge is 0.332 e. The van der Waals surface area contributed by atoms with Crippen LogP contribution in [0.5, 0.6) is 0 Å². The normalized spacial score (nSPS) is 26.0. The lowest BCUT2D eigenvalue weighted by Crippen LogP contribution is -2.49. The number of nitrogens with two attached hydrogens (primary N) is 1. The van der Waals surface area contributed by atoms with Crippen LogP contribution >= 0.6 is 11.3 Å². The minimum Gasteiger partial charge on any atom is -0.332 e. The first-order valence-corrected chi connectivity index (χ1v) is 9.29. The van der Waals surface area contributed by atoms with Gasteiger partial charge < -0.3 is 10.6 Å². The number of carbonyl (C=O) groups excluding carboxylic acids is 1. The molecular formula is C19H21FN2OS. The van der Waals surface area contributed by atoms with Crippen molar-refractivity contribution in [2.24, 2.45) is 5.73 Å². The molecule has 3 heterocycles. The Hall–Kier alpha value is -1.72. The van der Waals surface area contributed by atoms with Crippen molar-refractivity contribution in [2.45, 2.75) is 50.7 Å². The first-order valence-electron chi connectivity index (χ1n) is 8.47. The average molecular weight is 344 g/mol. The van der Waals surface area contributed by atoms with E-state index in [1.54, 1.807) is 6.07 Å². The van der Waals surface area contributed by atoms with Crippen LogP contribution in [0, 0.1) is 12.7 Å². The molecule has 2 saturated heterocycles. The van der Waals surface area contributed by atoms with E-state index in [0.717, 1.165) is 36.1 Å². The van der Waals surface area contributed by atoms with Gasteiger partial charge in [0, 0.05) is 28.6 Å². The summed E-state index contributed by atoms with van der Waals surface area (Å²) in [5, 5.41) is 0. The van der Waals surface area contributed by atoms with Crippen LogP contribution in [0.25, 0.3) is 10.4 Å². The Labute approximate surface area is 145 Å². The summed E-state index contributed by atoms with van der Waals surface area (Å²) in [6.45, 7) is 1.87. The highest BCUT2D eigenvalue weighted by Gasteiger charge is 2.42. The van der Waals surface area contributed by atoms with Gasteiger partial charge in [0.1, 0.15) is 5.82 Å². The van der Waals surface area contributed by atoms with Crippen LogP contribution in [0.1, 0.15) is 40.9 Å². The Morgan fingerprint density at radius 1 is 1.21 bits per heavy atom. The SMILES string of the molecule is Cc1ccc(-c2ccc(C(=O)N3C4CCC3CC(N)C4)s2)c(F)c1. The summed E-state index contributed by atoms with van der Waals surface area (Å²) in [5.41, 5.74) is 7.55. The lowest BCUT2D eigenvalue weighted by Gasteiger charge is -2.37. The van der Waals surface area contributed by atoms with E-state index >= 15 is 0 Å². The molecule has 2 aromatic rings.